The Morgan fingerprint density at radius 2 is 1.11 bits per heavy atom. The number of unbranched alkanes of at least 4 members (excludes halogenated alkanes) is 14. The van der Waals surface area contributed by atoms with Crippen molar-refractivity contribution in [2.45, 2.75) is 149 Å². The van der Waals surface area contributed by atoms with Gasteiger partial charge in [-0.25, -0.2) is 9.13 Å². The van der Waals surface area contributed by atoms with Crippen LogP contribution in [0, 0.1) is 0 Å². The molecule has 0 radical (unpaired) electrons. The number of imidazole rings is 1. The normalized spacial score (nSPS) is 11.4. The van der Waals surface area contributed by atoms with Crippen molar-refractivity contribution in [3.63, 3.8) is 0 Å². The van der Waals surface area contributed by atoms with Gasteiger partial charge in [0.05, 0.1) is 13.1 Å². The molecule has 0 amide bonds. The first-order valence-electron chi connectivity index (χ1n) is 12.9. The second kappa shape index (κ2) is 18.3. The molecular weight excluding hydrogens is 340 g/mol. The van der Waals surface area contributed by atoms with E-state index in [1.807, 2.05) is 0 Å². The number of hydrogen-bond acceptors (Lipinski definition) is 0. The molecule has 0 aliphatic rings. The van der Waals surface area contributed by atoms with Crippen LogP contribution in [-0.4, -0.2) is 4.57 Å². The third-order valence-electron chi connectivity index (χ3n) is 6.06. The molecule has 1 aromatic rings. The summed E-state index contributed by atoms with van der Waals surface area (Å²) in [7, 11) is 0. The summed E-state index contributed by atoms with van der Waals surface area (Å²) in [5.74, 6) is 1.58. The van der Waals surface area contributed by atoms with Gasteiger partial charge in [0.1, 0.15) is 12.4 Å². The number of aryl methyl sites for hydroxylation is 2. The van der Waals surface area contributed by atoms with E-state index in [4.69, 9.17) is 0 Å². The fourth-order valence-electron chi connectivity index (χ4n) is 4.27. The number of hydrogen-bond donors (Lipinski definition) is 0. The molecule has 1 aromatic heterocycles. The molecule has 0 fully saturated rings. The summed E-state index contributed by atoms with van der Waals surface area (Å²) in [6.45, 7) is 9.29. The fraction of sp³-hybridized carbons (Fsp3) is 0.885. The van der Waals surface area contributed by atoms with Crippen molar-refractivity contribution in [3.8, 4) is 0 Å². The molecule has 0 spiro atoms. The Morgan fingerprint density at radius 1 is 0.607 bits per heavy atom. The summed E-state index contributed by atoms with van der Waals surface area (Å²) in [6, 6.07) is 0. The summed E-state index contributed by atoms with van der Waals surface area (Å²) < 4.78 is 5.08. The van der Waals surface area contributed by atoms with Crippen LogP contribution in [-0.2, 0) is 19.5 Å². The Morgan fingerprint density at radius 3 is 1.64 bits per heavy atom. The lowest BCUT2D eigenvalue weighted by Crippen LogP contribution is -2.37. The second-order valence-electron chi connectivity index (χ2n) is 8.80. The van der Waals surface area contributed by atoms with Crippen LogP contribution >= 0.6 is 0 Å². The van der Waals surface area contributed by atoms with Crippen LogP contribution < -0.4 is 4.57 Å². The fourth-order valence-corrected chi connectivity index (χ4v) is 4.27. The van der Waals surface area contributed by atoms with E-state index < -0.39 is 0 Å². The Kier molecular flexibility index (Phi) is 16.5. The van der Waals surface area contributed by atoms with Crippen LogP contribution in [0.15, 0.2) is 12.4 Å². The van der Waals surface area contributed by atoms with Crippen molar-refractivity contribution >= 4 is 0 Å². The molecule has 0 N–H and O–H groups in total. The first-order valence-corrected chi connectivity index (χ1v) is 12.9. The minimum absolute atomic E-state index is 1.18. The predicted octanol–water partition coefficient (Wildman–Crippen LogP) is 8.01. The van der Waals surface area contributed by atoms with Gasteiger partial charge in [-0.15, -0.1) is 0 Å². The van der Waals surface area contributed by atoms with E-state index in [0.717, 1.165) is 0 Å². The number of nitrogens with zero attached hydrogens (tertiary/aromatic N) is 2. The van der Waals surface area contributed by atoms with Gasteiger partial charge in [0, 0.05) is 6.42 Å². The van der Waals surface area contributed by atoms with Gasteiger partial charge in [-0.05, 0) is 25.7 Å². The van der Waals surface area contributed by atoms with Crippen molar-refractivity contribution in [2.24, 2.45) is 0 Å². The molecule has 0 saturated heterocycles. The highest BCUT2D eigenvalue weighted by Crippen LogP contribution is 2.13. The van der Waals surface area contributed by atoms with E-state index in [1.54, 1.807) is 5.82 Å². The van der Waals surface area contributed by atoms with Gasteiger partial charge in [0.15, 0.2) is 0 Å². The Hall–Kier alpha value is -0.790. The Balaban J connectivity index is 2.22. The third kappa shape index (κ3) is 11.9. The highest BCUT2D eigenvalue weighted by Gasteiger charge is 2.15. The third-order valence-corrected chi connectivity index (χ3v) is 6.06. The molecule has 0 aromatic carbocycles. The van der Waals surface area contributed by atoms with Crippen LogP contribution in [0.2, 0.25) is 0 Å². The van der Waals surface area contributed by atoms with E-state index in [9.17, 15) is 0 Å². The smallest absolute Gasteiger partial charge is 0.234 e. The maximum atomic E-state index is 2.56. The first-order chi connectivity index (χ1) is 13.8. The van der Waals surface area contributed by atoms with E-state index >= 15 is 0 Å². The molecule has 0 saturated carbocycles. The molecule has 0 bridgehead atoms. The lowest BCUT2D eigenvalue weighted by Gasteiger charge is -2.06. The molecule has 1 heterocycles. The monoisotopic (exact) mass is 391 g/mol. The summed E-state index contributed by atoms with van der Waals surface area (Å²) >= 11 is 0. The van der Waals surface area contributed by atoms with Crippen LogP contribution in [0.5, 0.6) is 0 Å². The zero-order valence-electron chi connectivity index (χ0n) is 19.7. The molecule has 0 unspecified atom stereocenters. The lowest BCUT2D eigenvalue weighted by molar-refractivity contribution is -0.703. The first kappa shape index (κ1) is 25.2. The molecule has 0 aliphatic heterocycles. The average Bonchev–Trinajstić information content (AvgIpc) is 3.08. The summed E-state index contributed by atoms with van der Waals surface area (Å²) in [4.78, 5) is 0. The quantitative estimate of drug-likeness (QED) is 0.157. The summed E-state index contributed by atoms with van der Waals surface area (Å²) in [5.41, 5.74) is 0. The lowest BCUT2D eigenvalue weighted by atomic mass is 10.1. The number of aromatic nitrogens is 2. The van der Waals surface area contributed by atoms with Crippen LogP contribution in [0.4, 0.5) is 0 Å². The summed E-state index contributed by atoms with van der Waals surface area (Å²) in [5, 5.41) is 0. The second-order valence-corrected chi connectivity index (χ2v) is 8.80. The van der Waals surface area contributed by atoms with Gasteiger partial charge in [-0.3, -0.25) is 0 Å². The van der Waals surface area contributed by atoms with Gasteiger partial charge in [0.25, 0.3) is 5.82 Å². The Bertz CT molecular complexity index is 449. The van der Waals surface area contributed by atoms with E-state index in [0.29, 0.717) is 0 Å². The maximum absolute atomic E-state index is 2.56. The Labute approximate surface area is 177 Å². The topological polar surface area (TPSA) is 8.81 Å². The molecular formula is C26H51N2+. The van der Waals surface area contributed by atoms with Crippen molar-refractivity contribution < 1.29 is 4.57 Å². The minimum Gasteiger partial charge on any atom is -0.234 e. The standard InChI is InChI=1S/C26H51N2/c1-4-7-9-11-13-14-15-16-18-20-23-28-25-24-27(22-6-3)26(28)21-19-17-12-10-8-5-2/h24-25H,4-23H2,1-3H3/q+1. The van der Waals surface area contributed by atoms with Gasteiger partial charge in [0.2, 0.25) is 0 Å². The molecule has 28 heavy (non-hydrogen) atoms. The van der Waals surface area contributed by atoms with E-state index in [2.05, 4.69) is 42.3 Å². The molecule has 0 aliphatic carbocycles. The van der Waals surface area contributed by atoms with E-state index in [1.165, 1.54) is 129 Å². The SMILES string of the molecule is CCCCCCCCCCCCn1cc[n+](CCC)c1CCCCCCCC. The van der Waals surface area contributed by atoms with Crippen molar-refractivity contribution in [1.29, 1.82) is 0 Å². The summed E-state index contributed by atoms with van der Waals surface area (Å²) in [6.07, 6.45) is 29.7. The van der Waals surface area contributed by atoms with Gasteiger partial charge < -0.3 is 0 Å². The van der Waals surface area contributed by atoms with E-state index in [-0.39, 0.29) is 0 Å². The molecule has 0 atom stereocenters. The van der Waals surface area contributed by atoms with Gasteiger partial charge in [-0.1, -0.05) is 104 Å². The molecule has 2 nitrogen and oxygen atoms in total. The average molecular weight is 392 g/mol. The molecule has 164 valence electrons. The van der Waals surface area contributed by atoms with Crippen LogP contribution in [0.1, 0.15) is 136 Å². The maximum Gasteiger partial charge on any atom is 0.256 e. The minimum atomic E-state index is 1.18. The van der Waals surface area contributed by atoms with Crippen molar-refractivity contribution in [1.82, 2.24) is 4.57 Å². The largest absolute Gasteiger partial charge is 0.256 e. The zero-order chi connectivity index (χ0) is 20.3. The molecule has 1 rings (SSSR count). The zero-order valence-corrected chi connectivity index (χ0v) is 19.7. The van der Waals surface area contributed by atoms with Gasteiger partial charge in [-0.2, -0.15) is 0 Å². The van der Waals surface area contributed by atoms with Crippen LogP contribution in [0.3, 0.4) is 0 Å². The predicted molar refractivity (Wildman–Crippen MR) is 124 cm³/mol. The van der Waals surface area contributed by atoms with Crippen molar-refractivity contribution in [2.75, 3.05) is 0 Å². The van der Waals surface area contributed by atoms with Crippen molar-refractivity contribution in [3.05, 3.63) is 18.2 Å². The highest BCUT2D eigenvalue weighted by atomic mass is 15.1. The molecule has 2 heteroatoms. The van der Waals surface area contributed by atoms with Gasteiger partial charge >= 0.3 is 0 Å². The number of rotatable bonds is 20. The highest BCUT2D eigenvalue weighted by molar-refractivity contribution is 4.84. The van der Waals surface area contributed by atoms with Crippen LogP contribution in [0.25, 0.3) is 0 Å².